The number of hydrogen-bond donors (Lipinski definition) is 3. The Hall–Kier alpha value is -1.96. The molecule has 0 fully saturated rings. The number of H-pyrrole nitrogens is 1. The number of aromatic amines is 1. The molecule has 1 aromatic rings. The fourth-order valence-electron chi connectivity index (χ4n) is 2.43. The first-order valence-electron chi connectivity index (χ1n) is 7.36. The molecule has 124 valence electrons. The minimum absolute atomic E-state index is 0.193. The molecule has 0 radical (unpaired) electrons. The van der Waals surface area contributed by atoms with Crippen molar-refractivity contribution >= 4 is 11.6 Å². The molecular formula is C14H24N4O4. The van der Waals surface area contributed by atoms with Gasteiger partial charge in [-0.15, -0.1) is 0 Å². The summed E-state index contributed by atoms with van der Waals surface area (Å²) >= 11 is 0. The Kier molecular flexibility index (Phi) is 6.04. The van der Waals surface area contributed by atoms with Crippen LogP contribution in [-0.4, -0.2) is 38.8 Å². The third-order valence-electron chi connectivity index (χ3n) is 3.29. The Bertz CT molecular complexity index is 537. The van der Waals surface area contributed by atoms with Gasteiger partial charge in [0.15, 0.2) is 0 Å². The number of rotatable bonds is 8. The molecule has 0 spiro atoms. The molecule has 0 aromatic carbocycles. The molecule has 1 aromatic heterocycles. The van der Waals surface area contributed by atoms with Crippen LogP contribution in [-0.2, 0) is 6.42 Å². The van der Waals surface area contributed by atoms with Gasteiger partial charge in [-0.1, -0.05) is 27.2 Å². The number of aromatic nitrogens is 2. The molecule has 8 heteroatoms. The molecule has 22 heavy (non-hydrogen) atoms. The van der Waals surface area contributed by atoms with E-state index in [2.05, 4.69) is 15.5 Å². The summed E-state index contributed by atoms with van der Waals surface area (Å²) in [4.78, 5) is 22.7. The van der Waals surface area contributed by atoms with Crippen LogP contribution in [0.15, 0.2) is 0 Å². The highest BCUT2D eigenvalue weighted by atomic mass is 16.6. The molecule has 3 N–H and O–H groups in total. The summed E-state index contributed by atoms with van der Waals surface area (Å²) in [5, 5.41) is 29.6. The summed E-state index contributed by atoms with van der Waals surface area (Å²) in [5.41, 5.74) is -0.406. The molecule has 0 saturated carbocycles. The van der Waals surface area contributed by atoms with E-state index in [1.54, 1.807) is 6.92 Å². The number of aryl methyl sites for hydroxylation is 1. The SMILES string of the molecule is CCCc1[nH]nc(C(=O)NCC(C)(C)CC(C)O)c1[N+](=O)[O-]. The third kappa shape index (κ3) is 4.80. The van der Waals surface area contributed by atoms with E-state index < -0.39 is 16.9 Å². The lowest BCUT2D eigenvalue weighted by Crippen LogP contribution is -2.36. The minimum Gasteiger partial charge on any atom is -0.393 e. The lowest BCUT2D eigenvalue weighted by Gasteiger charge is -2.26. The smallest absolute Gasteiger partial charge is 0.322 e. The zero-order valence-corrected chi connectivity index (χ0v) is 13.5. The van der Waals surface area contributed by atoms with Gasteiger partial charge in [-0.3, -0.25) is 20.0 Å². The van der Waals surface area contributed by atoms with Crippen LogP contribution in [0.4, 0.5) is 5.69 Å². The highest BCUT2D eigenvalue weighted by molar-refractivity contribution is 5.96. The minimum atomic E-state index is -0.580. The number of carbonyl (C=O) groups excluding carboxylic acids is 1. The van der Waals surface area contributed by atoms with E-state index in [0.29, 0.717) is 31.5 Å². The van der Waals surface area contributed by atoms with E-state index in [1.165, 1.54) is 0 Å². The van der Waals surface area contributed by atoms with Crippen molar-refractivity contribution in [3.05, 3.63) is 21.5 Å². The molecule has 8 nitrogen and oxygen atoms in total. The van der Waals surface area contributed by atoms with Gasteiger partial charge in [0.25, 0.3) is 5.91 Å². The van der Waals surface area contributed by atoms with Crippen LogP contribution >= 0.6 is 0 Å². The lowest BCUT2D eigenvalue weighted by atomic mass is 9.87. The summed E-state index contributed by atoms with van der Waals surface area (Å²) in [6.07, 6.45) is 1.20. The number of nitrogens with zero attached hydrogens (tertiary/aromatic N) is 2. The fourth-order valence-corrected chi connectivity index (χ4v) is 2.43. The first-order chi connectivity index (χ1) is 10.2. The number of nitro groups is 1. The number of carbonyl (C=O) groups is 1. The van der Waals surface area contributed by atoms with Gasteiger partial charge in [0, 0.05) is 6.54 Å². The van der Waals surface area contributed by atoms with E-state index in [1.807, 2.05) is 20.8 Å². The quantitative estimate of drug-likeness (QED) is 0.499. The lowest BCUT2D eigenvalue weighted by molar-refractivity contribution is -0.385. The van der Waals surface area contributed by atoms with Gasteiger partial charge in [0.1, 0.15) is 5.69 Å². The van der Waals surface area contributed by atoms with Gasteiger partial charge in [-0.05, 0) is 25.2 Å². The first kappa shape index (κ1) is 18.1. The molecule has 1 atom stereocenters. The van der Waals surface area contributed by atoms with Crippen LogP contribution in [0.25, 0.3) is 0 Å². The molecule has 0 aliphatic rings. The van der Waals surface area contributed by atoms with E-state index in [0.717, 1.165) is 0 Å². The van der Waals surface area contributed by atoms with Crippen molar-refractivity contribution in [3.8, 4) is 0 Å². The van der Waals surface area contributed by atoms with Crippen molar-refractivity contribution in [1.29, 1.82) is 0 Å². The summed E-state index contributed by atoms with van der Waals surface area (Å²) in [6.45, 7) is 7.68. The molecule has 0 bridgehead atoms. The average molecular weight is 312 g/mol. The number of nitrogens with one attached hydrogen (secondary N) is 2. The van der Waals surface area contributed by atoms with Crippen molar-refractivity contribution in [2.45, 2.75) is 53.1 Å². The zero-order valence-electron chi connectivity index (χ0n) is 13.5. The molecular weight excluding hydrogens is 288 g/mol. The maximum Gasteiger partial charge on any atom is 0.322 e. The van der Waals surface area contributed by atoms with E-state index >= 15 is 0 Å². The van der Waals surface area contributed by atoms with Gasteiger partial charge >= 0.3 is 5.69 Å². The standard InChI is InChI=1S/C14H24N4O4/c1-5-6-10-12(18(21)22)11(17-16-10)13(20)15-8-14(3,4)7-9(2)19/h9,19H,5-8H2,1-4H3,(H,15,20)(H,16,17). The topological polar surface area (TPSA) is 121 Å². The largest absolute Gasteiger partial charge is 0.393 e. The molecule has 1 unspecified atom stereocenters. The fraction of sp³-hybridized carbons (Fsp3) is 0.714. The highest BCUT2D eigenvalue weighted by Crippen LogP contribution is 2.24. The predicted molar refractivity (Wildman–Crippen MR) is 81.6 cm³/mol. The average Bonchev–Trinajstić information content (AvgIpc) is 2.79. The zero-order chi connectivity index (χ0) is 16.9. The number of amides is 1. The van der Waals surface area contributed by atoms with Crippen LogP contribution in [0.2, 0.25) is 0 Å². The Morgan fingerprint density at radius 1 is 1.55 bits per heavy atom. The molecule has 1 amide bonds. The Labute approximate surface area is 129 Å². The van der Waals surface area contributed by atoms with Gasteiger partial charge in [-0.25, -0.2) is 0 Å². The number of aliphatic hydroxyl groups is 1. The molecule has 0 aliphatic heterocycles. The van der Waals surface area contributed by atoms with Gasteiger partial charge in [0.2, 0.25) is 5.69 Å². The Morgan fingerprint density at radius 2 is 2.18 bits per heavy atom. The number of hydrogen-bond acceptors (Lipinski definition) is 5. The highest BCUT2D eigenvalue weighted by Gasteiger charge is 2.30. The monoisotopic (exact) mass is 312 g/mol. The second kappa shape index (κ2) is 7.35. The summed E-state index contributed by atoms with van der Waals surface area (Å²) in [7, 11) is 0. The predicted octanol–water partition coefficient (Wildman–Crippen LogP) is 1.80. The normalized spacial score (nSPS) is 13.0. The van der Waals surface area contributed by atoms with Crippen LogP contribution in [0, 0.1) is 15.5 Å². The maximum absolute atomic E-state index is 12.2. The van der Waals surface area contributed by atoms with E-state index in [9.17, 15) is 20.0 Å². The Morgan fingerprint density at radius 3 is 2.68 bits per heavy atom. The van der Waals surface area contributed by atoms with Gasteiger partial charge in [0.05, 0.1) is 11.0 Å². The van der Waals surface area contributed by atoms with Crippen molar-refractivity contribution in [2.75, 3.05) is 6.54 Å². The third-order valence-corrected chi connectivity index (χ3v) is 3.29. The van der Waals surface area contributed by atoms with Crippen LogP contribution in [0.1, 0.15) is 56.7 Å². The summed E-state index contributed by atoms with van der Waals surface area (Å²) in [6, 6.07) is 0. The van der Waals surface area contributed by atoms with Crippen LogP contribution < -0.4 is 5.32 Å². The molecule has 0 aliphatic carbocycles. The summed E-state index contributed by atoms with van der Waals surface area (Å²) < 4.78 is 0. The first-order valence-corrected chi connectivity index (χ1v) is 7.36. The molecule has 1 heterocycles. The van der Waals surface area contributed by atoms with Gasteiger partial charge < -0.3 is 10.4 Å². The summed E-state index contributed by atoms with van der Waals surface area (Å²) in [5.74, 6) is -0.580. The van der Waals surface area contributed by atoms with Crippen LogP contribution in [0.3, 0.4) is 0 Å². The second-order valence-electron chi connectivity index (χ2n) is 6.31. The van der Waals surface area contributed by atoms with Crippen molar-refractivity contribution in [1.82, 2.24) is 15.5 Å². The Balaban J connectivity index is 2.84. The molecule has 1 rings (SSSR count). The van der Waals surface area contributed by atoms with Crippen molar-refractivity contribution in [3.63, 3.8) is 0 Å². The van der Waals surface area contributed by atoms with Crippen molar-refractivity contribution in [2.24, 2.45) is 5.41 Å². The maximum atomic E-state index is 12.2. The number of aliphatic hydroxyl groups excluding tert-OH is 1. The van der Waals surface area contributed by atoms with E-state index in [-0.39, 0.29) is 16.8 Å². The van der Waals surface area contributed by atoms with Gasteiger partial charge in [-0.2, -0.15) is 5.10 Å². The second-order valence-corrected chi connectivity index (χ2v) is 6.31. The van der Waals surface area contributed by atoms with Crippen LogP contribution in [0.5, 0.6) is 0 Å². The van der Waals surface area contributed by atoms with E-state index in [4.69, 9.17) is 0 Å². The van der Waals surface area contributed by atoms with Crippen molar-refractivity contribution < 1.29 is 14.8 Å². The molecule has 0 saturated heterocycles.